The van der Waals surface area contributed by atoms with E-state index >= 15 is 0 Å². The van der Waals surface area contributed by atoms with Crippen LogP contribution in [0.2, 0.25) is 0 Å². The molecular weight excluding hydrogens is 300 g/mol. The lowest BCUT2D eigenvalue weighted by molar-refractivity contribution is -0.140. The van der Waals surface area contributed by atoms with Crippen molar-refractivity contribution in [1.82, 2.24) is 19.7 Å². The average Bonchev–Trinajstić information content (AvgIpc) is 3.22. The number of likely N-dealkylation sites (tertiary alicyclic amines) is 1. The number of aryl methyl sites for hydroxylation is 1. The van der Waals surface area contributed by atoms with Crippen molar-refractivity contribution in [1.29, 1.82) is 0 Å². The minimum atomic E-state index is -0.360. The first-order valence-electron chi connectivity index (χ1n) is 8.72. The number of carbonyl (C=O) groups is 1. The van der Waals surface area contributed by atoms with Gasteiger partial charge >= 0.3 is 0 Å². The molecule has 2 aromatic heterocycles. The van der Waals surface area contributed by atoms with Crippen LogP contribution in [-0.2, 0) is 11.3 Å². The molecule has 0 spiro atoms. The predicted molar refractivity (Wildman–Crippen MR) is 94.3 cm³/mol. The van der Waals surface area contributed by atoms with Crippen molar-refractivity contribution in [2.75, 3.05) is 6.54 Å². The maximum Gasteiger partial charge on any atom is 0.228 e. The Morgan fingerprint density at radius 1 is 1.29 bits per heavy atom. The second-order valence-electron chi connectivity index (χ2n) is 7.39. The van der Waals surface area contributed by atoms with Crippen LogP contribution in [0, 0.1) is 5.41 Å². The van der Waals surface area contributed by atoms with Gasteiger partial charge in [-0.2, -0.15) is 5.10 Å². The molecule has 24 heavy (non-hydrogen) atoms. The second kappa shape index (κ2) is 6.38. The van der Waals surface area contributed by atoms with Crippen LogP contribution in [0.3, 0.4) is 0 Å². The molecule has 1 atom stereocenters. The van der Waals surface area contributed by atoms with Crippen molar-refractivity contribution in [3.8, 4) is 11.4 Å². The molecule has 0 radical (unpaired) electrons. The molecule has 3 rings (SSSR count). The van der Waals surface area contributed by atoms with Gasteiger partial charge in [-0.1, -0.05) is 26.8 Å². The van der Waals surface area contributed by atoms with E-state index in [0.29, 0.717) is 0 Å². The maximum absolute atomic E-state index is 12.7. The molecule has 128 valence electrons. The Balaban J connectivity index is 1.92. The minimum absolute atomic E-state index is 0.0784. The first kappa shape index (κ1) is 16.7. The number of carbonyl (C=O) groups excluding carboxylic acids is 1. The van der Waals surface area contributed by atoms with Crippen LogP contribution in [0.15, 0.2) is 30.5 Å². The summed E-state index contributed by atoms with van der Waals surface area (Å²) in [7, 11) is 0. The molecule has 1 amide bonds. The zero-order valence-corrected chi connectivity index (χ0v) is 15.0. The fourth-order valence-corrected chi connectivity index (χ4v) is 3.33. The number of pyridine rings is 1. The Bertz CT molecular complexity index is 729. The summed E-state index contributed by atoms with van der Waals surface area (Å²) in [6, 6.07) is 8.15. The summed E-state index contributed by atoms with van der Waals surface area (Å²) in [6.45, 7) is 9.64. The van der Waals surface area contributed by atoms with Crippen LogP contribution in [0.1, 0.15) is 52.3 Å². The van der Waals surface area contributed by atoms with Gasteiger partial charge in [-0.3, -0.25) is 9.48 Å². The van der Waals surface area contributed by atoms with Gasteiger partial charge in [0.25, 0.3) is 0 Å². The Morgan fingerprint density at radius 3 is 2.79 bits per heavy atom. The van der Waals surface area contributed by atoms with Gasteiger partial charge in [0.2, 0.25) is 5.91 Å². The molecule has 1 aliphatic heterocycles. The molecule has 0 aromatic carbocycles. The Morgan fingerprint density at radius 2 is 2.08 bits per heavy atom. The SMILES string of the molecule is CCn1nccc1-c1cccc([C@@H]2CCCN2C(=O)C(C)(C)C)n1. The van der Waals surface area contributed by atoms with E-state index in [4.69, 9.17) is 4.98 Å². The van der Waals surface area contributed by atoms with Gasteiger partial charge in [0.15, 0.2) is 0 Å². The zero-order chi connectivity index (χ0) is 17.3. The summed E-state index contributed by atoms with van der Waals surface area (Å²) >= 11 is 0. The van der Waals surface area contributed by atoms with Crippen molar-refractivity contribution in [2.45, 2.75) is 53.1 Å². The van der Waals surface area contributed by atoms with Gasteiger partial charge in [-0.15, -0.1) is 0 Å². The molecule has 2 aromatic rings. The van der Waals surface area contributed by atoms with Crippen LogP contribution in [0.25, 0.3) is 11.4 Å². The van der Waals surface area contributed by atoms with E-state index in [1.54, 1.807) is 6.20 Å². The lowest BCUT2D eigenvalue weighted by Gasteiger charge is -2.30. The van der Waals surface area contributed by atoms with Gasteiger partial charge in [-0.25, -0.2) is 4.98 Å². The van der Waals surface area contributed by atoms with Gasteiger partial charge in [0.1, 0.15) is 0 Å². The van der Waals surface area contributed by atoms with Crippen LogP contribution in [-0.4, -0.2) is 32.1 Å². The highest BCUT2D eigenvalue weighted by Crippen LogP contribution is 2.35. The summed E-state index contributed by atoms with van der Waals surface area (Å²) in [5.74, 6) is 0.204. The highest BCUT2D eigenvalue weighted by molar-refractivity contribution is 5.82. The third-order valence-corrected chi connectivity index (χ3v) is 4.55. The number of hydrogen-bond donors (Lipinski definition) is 0. The maximum atomic E-state index is 12.7. The van der Waals surface area contributed by atoms with E-state index in [-0.39, 0.29) is 17.4 Å². The first-order valence-corrected chi connectivity index (χ1v) is 8.72. The van der Waals surface area contributed by atoms with Crippen LogP contribution >= 0.6 is 0 Å². The molecule has 0 bridgehead atoms. The molecule has 5 heteroatoms. The van der Waals surface area contributed by atoms with E-state index in [1.807, 2.05) is 54.6 Å². The first-order chi connectivity index (χ1) is 11.4. The van der Waals surface area contributed by atoms with E-state index in [9.17, 15) is 4.79 Å². The summed E-state index contributed by atoms with van der Waals surface area (Å²) in [6.07, 6.45) is 3.81. The topological polar surface area (TPSA) is 51.0 Å². The highest BCUT2D eigenvalue weighted by Gasteiger charge is 2.36. The lowest BCUT2D eigenvalue weighted by atomic mass is 9.94. The van der Waals surface area contributed by atoms with Gasteiger partial charge in [0.05, 0.1) is 23.1 Å². The van der Waals surface area contributed by atoms with Gasteiger partial charge in [0, 0.05) is 24.7 Å². The van der Waals surface area contributed by atoms with Gasteiger partial charge < -0.3 is 4.90 Å². The molecular formula is C19H26N4O. The molecule has 1 aliphatic rings. The quantitative estimate of drug-likeness (QED) is 0.864. The van der Waals surface area contributed by atoms with E-state index < -0.39 is 0 Å². The summed E-state index contributed by atoms with van der Waals surface area (Å²) in [5, 5.41) is 4.33. The summed E-state index contributed by atoms with van der Waals surface area (Å²) in [5.41, 5.74) is 2.56. The fraction of sp³-hybridized carbons (Fsp3) is 0.526. The molecule has 0 saturated carbocycles. The number of rotatable bonds is 3. The molecule has 0 aliphatic carbocycles. The molecule has 1 saturated heterocycles. The third-order valence-electron chi connectivity index (χ3n) is 4.55. The van der Waals surface area contributed by atoms with Crippen molar-refractivity contribution < 1.29 is 4.79 Å². The largest absolute Gasteiger partial charge is 0.334 e. The summed E-state index contributed by atoms with van der Waals surface area (Å²) in [4.78, 5) is 19.6. The van der Waals surface area contributed by atoms with E-state index in [0.717, 1.165) is 43.0 Å². The van der Waals surface area contributed by atoms with Crippen LogP contribution < -0.4 is 0 Å². The monoisotopic (exact) mass is 326 g/mol. The number of amides is 1. The van der Waals surface area contributed by atoms with Crippen molar-refractivity contribution in [3.05, 3.63) is 36.2 Å². The fourth-order valence-electron chi connectivity index (χ4n) is 3.33. The van der Waals surface area contributed by atoms with Gasteiger partial charge in [-0.05, 0) is 38.0 Å². The Kier molecular flexibility index (Phi) is 4.43. The molecule has 0 unspecified atom stereocenters. The smallest absolute Gasteiger partial charge is 0.228 e. The summed E-state index contributed by atoms with van der Waals surface area (Å²) < 4.78 is 1.94. The minimum Gasteiger partial charge on any atom is -0.334 e. The predicted octanol–water partition coefficient (Wildman–Crippen LogP) is 3.67. The second-order valence-corrected chi connectivity index (χ2v) is 7.39. The van der Waals surface area contributed by atoms with Crippen molar-refractivity contribution in [3.63, 3.8) is 0 Å². The molecule has 1 fully saturated rings. The number of nitrogens with zero attached hydrogens (tertiary/aromatic N) is 4. The lowest BCUT2D eigenvalue weighted by Crippen LogP contribution is -2.39. The highest BCUT2D eigenvalue weighted by atomic mass is 16.2. The Hall–Kier alpha value is -2.17. The van der Waals surface area contributed by atoms with E-state index in [1.165, 1.54) is 0 Å². The number of aromatic nitrogens is 3. The zero-order valence-electron chi connectivity index (χ0n) is 15.0. The standard InChI is InChI=1S/C19H26N4O/c1-5-23-17(11-12-20-23)15-9-6-8-14(21-15)16-10-7-13-22(16)18(24)19(2,3)4/h6,8-9,11-12,16H,5,7,10,13H2,1-4H3/t16-/m0/s1. The molecule has 5 nitrogen and oxygen atoms in total. The average molecular weight is 326 g/mol. The van der Waals surface area contributed by atoms with E-state index in [2.05, 4.69) is 12.0 Å². The van der Waals surface area contributed by atoms with Crippen molar-refractivity contribution in [2.24, 2.45) is 5.41 Å². The normalized spacial score (nSPS) is 18.2. The third kappa shape index (κ3) is 3.07. The molecule has 0 N–H and O–H groups in total. The Labute approximate surface area is 143 Å². The molecule has 3 heterocycles. The van der Waals surface area contributed by atoms with Crippen molar-refractivity contribution >= 4 is 5.91 Å². The van der Waals surface area contributed by atoms with Crippen LogP contribution in [0.5, 0.6) is 0 Å². The number of hydrogen-bond acceptors (Lipinski definition) is 3. The van der Waals surface area contributed by atoms with Crippen LogP contribution in [0.4, 0.5) is 0 Å².